The third-order valence-electron chi connectivity index (χ3n) is 4.23. The number of ether oxygens (including phenoxy) is 1. The Bertz CT molecular complexity index is 835. The highest BCUT2D eigenvalue weighted by molar-refractivity contribution is 6.30. The molecule has 0 aliphatic carbocycles. The quantitative estimate of drug-likeness (QED) is 0.506. The van der Waals surface area contributed by atoms with Gasteiger partial charge in [0.2, 0.25) is 0 Å². The topological polar surface area (TPSA) is 21.3 Å². The van der Waals surface area contributed by atoms with E-state index in [1.807, 2.05) is 60.7 Å². The van der Waals surface area contributed by atoms with Crippen molar-refractivity contribution in [3.8, 4) is 5.75 Å². The zero-order valence-electron chi connectivity index (χ0n) is 14.6. The van der Waals surface area contributed by atoms with E-state index in [-0.39, 0.29) is 6.04 Å². The molecule has 0 fully saturated rings. The fourth-order valence-electron chi connectivity index (χ4n) is 2.69. The highest BCUT2D eigenvalue weighted by Gasteiger charge is 2.09. The third kappa shape index (κ3) is 5.25. The van der Waals surface area contributed by atoms with Crippen molar-refractivity contribution < 1.29 is 4.74 Å². The summed E-state index contributed by atoms with van der Waals surface area (Å²) in [7, 11) is 0. The van der Waals surface area contributed by atoms with E-state index >= 15 is 0 Å². The Morgan fingerprint density at radius 3 is 2.31 bits per heavy atom. The lowest BCUT2D eigenvalue weighted by molar-refractivity contribution is 0.301. The van der Waals surface area contributed by atoms with E-state index < -0.39 is 0 Å². The Morgan fingerprint density at radius 1 is 0.885 bits per heavy atom. The molecule has 2 nitrogen and oxygen atoms in total. The van der Waals surface area contributed by atoms with E-state index in [1.165, 1.54) is 5.56 Å². The molecule has 4 heteroatoms. The molecule has 26 heavy (non-hydrogen) atoms. The van der Waals surface area contributed by atoms with Gasteiger partial charge in [0.25, 0.3) is 0 Å². The predicted molar refractivity (Wildman–Crippen MR) is 109 cm³/mol. The molecule has 0 aromatic heterocycles. The van der Waals surface area contributed by atoms with E-state index in [9.17, 15) is 0 Å². The van der Waals surface area contributed by atoms with Crippen LogP contribution in [0, 0.1) is 0 Å². The van der Waals surface area contributed by atoms with Gasteiger partial charge in [0.1, 0.15) is 12.4 Å². The average molecular weight is 386 g/mol. The van der Waals surface area contributed by atoms with E-state index in [1.54, 1.807) is 0 Å². The summed E-state index contributed by atoms with van der Waals surface area (Å²) in [6.07, 6.45) is 0. The molecule has 0 saturated heterocycles. The summed E-state index contributed by atoms with van der Waals surface area (Å²) in [4.78, 5) is 0. The van der Waals surface area contributed by atoms with Gasteiger partial charge >= 0.3 is 0 Å². The molecule has 3 aromatic carbocycles. The molecular formula is C22H21Cl2NO. The summed E-state index contributed by atoms with van der Waals surface area (Å²) >= 11 is 12.1. The van der Waals surface area contributed by atoms with Gasteiger partial charge in [-0.2, -0.15) is 0 Å². The zero-order chi connectivity index (χ0) is 18.4. The van der Waals surface area contributed by atoms with Crippen LogP contribution in [-0.4, -0.2) is 0 Å². The molecular weight excluding hydrogens is 365 g/mol. The molecule has 0 spiro atoms. The van der Waals surface area contributed by atoms with Crippen LogP contribution in [0.5, 0.6) is 5.75 Å². The maximum atomic E-state index is 6.19. The van der Waals surface area contributed by atoms with Gasteiger partial charge in [0.15, 0.2) is 0 Å². The summed E-state index contributed by atoms with van der Waals surface area (Å²) in [5.41, 5.74) is 3.35. The zero-order valence-corrected chi connectivity index (χ0v) is 16.1. The molecule has 3 aromatic rings. The lowest BCUT2D eigenvalue weighted by Crippen LogP contribution is -2.18. The second-order valence-corrected chi connectivity index (χ2v) is 7.05. The van der Waals surface area contributed by atoms with Crippen molar-refractivity contribution in [1.29, 1.82) is 0 Å². The Labute approximate surface area is 164 Å². The van der Waals surface area contributed by atoms with E-state index in [4.69, 9.17) is 27.9 Å². The summed E-state index contributed by atoms with van der Waals surface area (Å²) in [5, 5.41) is 4.96. The summed E-state index contributed by atoms with van der Waals surface area (Å²) in [6.45, 7) is 3.31. The Kier molecular flexibility index (Phi) is 6.56. The van der Waals surface area contributed by atoms with Crippen LogP contribution in [0.25, 0.3) is 0 Å². The second-order valence-electron chi connectivity index (χ2n) is 6.18. The van der Waals surface area contributed by atoms with E-state index in [2.05, 4.69) is 24.4 Å². The van der Waals surface area contributed by atoms with Crippen molar-refractivity contribution in [2.45, 2.75) is 26.1 Å². The number of hydrogen-bond acceptors (Lipinski definition) is 2. The van der Waals surface area contributed by atoms with Gasteiger partial charge in [-0.1, -0.05) is 65.7 Å². The van der Waals surface area contributed by atoms with Crippen molar-refractivity contribution in [2.24, 2.45) is 0 Å². The first kappa shape index (κ1) is 18.8. The van der Waals surface area contributed by atoms with Crippen LogP contribution in [0.3, 0.4) is 0 Å². The van der Waals surface area contributed by atoms with Crippen LogP contribution in [0.4, 0.5) is 0 Å². The molecule has 0 saturated carbocycles. The molecule has 0 radical (unpaired) electrons. The first-order valence-corrected chi connectivity index (χ1v) is 9.31. The minimum Gasteiger partial charge on any atom is -0.489 e. The largest absolute Gasteiger partial charge is 0.489 e. The number of hydrogen-bond donors (Lipinski definition) is 1. The highest BCUT2D eigenvalue weighted by Crippen LogP contribution is 2.25. The fraction of sp³-hybridized carbons (Fsp3) is 0.182. The molecule has 3 rings (SSSR count). The standard InChI is InChI=1S/C22H21Cl2NO/c1-16(18-5-3-2-4-6-18)25-14-19-13-21(24)11-12-22(19)26-15-17-7-9-20(23)10-8-17/h2-13,16,25H,14-15H2,1H3/t16-/m1/s1. The van der Waals surface area contributed by atoms with Crippen molar-refractivity contribution in [3.05, 3.63) is 99.5 Å². The molecule has 1 N–H and O–H groups in total. The molecule has 0 heterocycles. The molecule has 0 aliphatic heterocycles. The molecule has 0 unspecified atom stereocenters. The number of rotatable bonds is 7. The van der Waals surface area contributed by atoms with Crippen LogP contribution < -0.4 is 10.1 Å². The van der Waals surface area contributed by atoms with Crippen LogP contribution in [-0.2, 0) is 13.2 Å². The van der Waals surface area contributed by atoms with E-state index in [0.29, 0.717) is 18.2 Å². The van der Waals surface area contributed by atoms with Gasteiger partial charge in [-0.15, -0.1) is 0 Å². The maximum absolute atomic E-state index is 6.19. The summed E-state index contributed by atoms with van der Waals surface area (Å²) in [6, 6.07) is 24.0. The van der Waals surface area contributed by atoms with Crippen molar-refractivity contribution in [3.63, 3.8) is 0 Å². The van der Waals surface area contributed by atoms with Crippen LogP contribution >= 0.6 is 23.2 Å². The lowest BCUT2D eigenvalue weighted by atomic mass is 10.1. The number of benzene rings is 3. The van der Waals surface area contributed by atoms with Gasteiger partial charge in [0, 0.05) is 28.2 Å². The molecule has 1 atom stereocenters. The van der Waals surface area contributed by atoms with Crippen molar-refractivity contribution in [1.82, 2.24) is 5.32 Å². The summed E-state index contributed by atoms with van der Waals surface area (Å²) in [5.74, 6) is 0.831. The van der Waals surface area contributed by atoms with Crippen molar-refractivity contribution in [2.75, 3.05) is 0 Å². The van der Waals surface area contributed by atoms with E-state index in [0.717, 1.165) is 21.9 Å². The number of halogens is 2. The molecule has 0 bridgehead atoms. The van der Waals surface area contributed by atoms with Gasteiger partial charge in [0.05, 0.1) is 0 Å². The van der Waals surface area contributed by atoms with Gasteiger partial charge < -0.3 is 10.1 Å². The normalized spacial score (nSPS) is 12.0. The average Bonchev–Trinajstić information content (AvgIpc) is 2.67. The monoisotopic (exact) mass is 385 g/mol. The Balaban J connectivity index is 1.66. The second kappa shape index (κ2) is 9.09. The van der Waals surface area contributed by atoms with Gasteiger partial charge in [-0.05, 0) is 48.4 Å². The fourth-order valence-corrected chi connectivity index (χ4v) is 3.01. The number of nitrogens with one attached hydrogen (secondary N) is 1. The minimum atomic E-state index is 0.235. The molecule has 134 valence electrons. The Hall–Kier alpha value is -2.00. The van der Waals surface area contributed by atoms with Crippen LogP contribution in [0.2, 0.25) is 10.0 Å². The van der Waals surface area contributed by atoms with Gasteiger partial charge in [-0.25, -0.2) is 0 Å². The third-order valence-corrected chi connectivity index (χ3v) is 4.72. The SMILES string of the molecule is C[C@@H](NCc1cc(Cl)ccc1OCc1ccc(Cl)cc1)c1ccccc1. The maximum Gasteiger partial charge on any atom is 0.124 e. The molecule has 0 amide bonds. The minimum absolute atomic E-state index is 0.235. The highest BCUT2D eigenvalue weighted by atomic mass is 35.5. The predicted octanol–water partition coefficient (Wildman–Crippen LogP) is 6.42. The van der Waals surface area contributed by atoms with Gasteiger partial charge in [-0.3, -0.25) is 0 Å². The Morgan fingerprint density at radius 2 is 1.58 bits per heavy atom. The smallest absolute Gasteiger partial charge is 0.124 e. The summed E-state index contributed by atoms with van der Waals surface area (Å²) < 4.78 is 6.01. The van der Waals surface area contributed by atoms with Crippen LogP contribution in [0.15, 0.2) is 72.8 Å². The van der Waals surface area contributed by atoms with Crippen LogP contribution in [0.1, 0.15) is 29.7 Å². The first-order chi connectivity index (χ1) is 12.6. The van der Waals surface area contributed by atoms with Crippen molar-refractivity contribution >= 4 is 23.2 Å². The first-order valence-electron chi connectivity index (χ1n) is 8.56. The lowest BCUT2D eigenvalue weighted by Gasteiger charge is -2.17. The molecule has 0 aliphatic rings.